The molecule has 0 aliphatic heterocycles. The SMILES string of the molecule is O=[N+]([O-])C1(O)CC=c2ccc3cccc4ccc1c2c43. The monoisotopic (exact) mass is 265 g/mol. The van der Waals surface area contributed by atoms with E-state index in [0.717, 1.165) is 26.8 Å². The standard InChI is InChI=1S/C16H11NO3/c18-16(17(19)20)9-8-12-5-4-10-2-1-3-11-6-7-13(16)15(12)14(10)11/h1-8,18H,9H2. The molecular formula is C16H11NO3. The van der Waals surface area contributed by atoms with E-state index in [4.69, 9.17) is 0 Å². The highest BCUT2D eigenvalue weighted by molar-refractivity contribution is 6.11. The van der Waals surface area contributed by atoms with E-state index < -0.39 is 10.6 Å². The van der Waals surface area contributed by atoms with Gasteiger partial charge in [-0.1, -0.05) is 42.5 Å². The van der Waals surface area contributed by atoms with Crippen LogP contribution in [-0.2, 0) is 5.72 Å². The molecule has 1 N–H and O–H groups in total. The zero-order valence-corrected chi connectivity index (χ0v) is 10.5. The Bertz CT molecular complexity index is 916. The van der Waals surface area contributed by atoms with Gasteiger partial charge in [-0.3, -0.25) is 10.1 Å². The van der Waals surface area contributed by atoms with Gasteiger partial charge in [0.1, 0.15) is 0 Å². The van der Waals surface area contributed by atoms with E-state index >= 15 is 0 Å². The van der Waals surface area contributed by atoms with Gasteiger partial charge in [0.05, 0.1) is 16.9 Å². The zero-order chi connectivity index (χ0) is 13.9. The summed E-state index contributed by atoms with van der Waals surface area (Å²) in [6, 6.07) is 13.4. The maximum absolute atomic E-state index is 11.3. The number of aliphatic hydroxyl groups is 1. The van der Waals surface area contributed by atoms with Crippen LogP contribution in [0.25, 0.3) is 27.6 Å². The highest BCUT2D eigenvalue weighted by atomic mass is 16.7. The van der Waals surface area contributed by atoms with E-state index in [-0.39, 0.29) is 6.42 Å². The topological polar surface area (TPSA) is 63.4 Å². The van der Waals surface area contributed by atoms with Gasteiger partial charge in [-0.15, -0.1) is 0 Å². The zero-order valence-electron chi connectivity index (χ0n) is 10.5. The largest absolute Gasteiger partial charge is 0.353 e. The van der Waals surface area contributed by atoms with E-state index in [1.165, 1.54) is 0 Å². The second kappa shape index (κ2) is 3.55. The molecule has 1 atom stereocenters. The van der Waals surface area contributed by atoms with Gasteiger partial charge in [0, 0.05) is 5.39 Å². The molecule has 0 heterocycles. The number of rotatable bonds is 1. The lowest BCUT2D eigenvalue weighted by Gasteiger charge is -2.24. The molecule has 1 unspecified atom stereocenters. The van der Waals surface area contributed by atoms with Crippen molar-refractivity contribution in [1.82, 2.24) is 0 Å². The van der Waals surface area contributed by atoms with Crippen LogP contribution in [0.15, 0.2) is 42.5 Å². The van der Waals surface area contributed by atoms with Crippen molar-refractivity contribution in [3.8, 4) is 0 Å². The Labute approximate surface area is 114 Å². The molecule has 0 amide bonds. The van der Waals surface area contributed by atoms with E-state index in [0.29, 0.717) is 5.56 Å². The van der Waals surface area contributed by atoms with Crippen LogP contribution in [0.5, 0.6) is 0 Å². The fourth-order valence-corrected chi connectivity index (χ4v) is 3.15. The van der Waals surface area contributed by atoms with Gasteiger partial charge in [-0.2, -0.15) is 0 Å². The smallest absolute Gasteiger partial charge is 0.326 e. The van der Waals surface area contributed by atoms with E-state index in [1.54, 1.807) is 12.1 Å². The molecule has 0 fully saturated rings. The predicted octanol–water partition coefficient (Wildman–Crippen LogP) is 2.32. The molecule has 0 saturated carbocycles. The first-order chi connectivity index (χ1) is 9.61. The number of nitro groups is 1. The lowest BCUT2D eigenvalue weighted by molar-refractivity contribution is -0.634. The first-order valence-electron chi connectivity index (χ1n) is 6.43. The fourth-order valence-electron chi connectivity index (χ4n) is 3.15. The lowest BCUT2D eigenvalue weighted by atomic mass is 9.85. The molecule has 0 spiro atoms. The summed E-state index contributed by atoms with van der Waals surface area (Å²) in [5.74, 6) is 0. The van der Waals surface area contributed by atoms with Crippen LogP contribution < -0.4 is 5.22 Å². The summed E-state index contributed by atoms with van der Waals surface area (Å²) in [4.78, 5) is 10.7. The van der Waals surface area contributed by atoms with Crippen LogP contribution >= 0.6 is 0 Å². The molecule has 0 radical (unpaired) electrons. The van der Waals surface area contributed by atoms with Crippen LogP contribution in [0.2, 0.25) is 0 Å². The minimum absolute atomic E-state index is 0.000344. The van der Waals surface area contributed by atoms with E-state index in [9.17, 15) is 15.2 Å². The molecular weight excluding hydrogens is 254 g/mol. The van der Waals surface area contributed by atoms with Crippen molar-refractivity contribution in [2.45, 2.75) is 12.1 Å². The minimum atomic E-state index is -2.02. The molecule has 0 saturated heterocycles. The van der Waals surface area contributed by atoms with Crippen molar-refractivity contribution >= 4 is 27.6 Å². The third-order valence-corrected chi connectivity index (χ3v) is 4.15. The lowest BCUT2D eigenvalue weighted by Crippen LogP contribution is -2.38. The highest BCUT2D eigenvalue weighted by Gasteiger charge is 2.44. The Morgan fingerprint density at radius 1 is 1.05 bits per heavy atom. The van der Waals surface area contributed by atoms with Gasteiger partial charge in [-0.25, -0.2) is 0 Å². The normalized spacial score (nSPS) is 21.1. The van der Waals surface area contributed by atoms with Crippen LogP contribution in [-0.4, -0.2) is 10.0 Å². The quantitative estimate of drug-likeness (QED) is 0.417. The number of hydrogen-bond acceptors (Lipinski definition) is 3. The molecule has 4 nitrogen and oxygen atoms in total. The van der Waals surface area contributed by atoms with Crippen molar-refractivity contribution in [3.05, 3.63) is 63.4 Å². The maximum Gasteiger partial charge on any atom is 0.353 e. The minimum Gasteiger partial charge on any atom is -0.326 e. The summed E-state index contributed by atoms with van der Waals surface area (Å²) in [5, 5.41) is 26.5. The van der Waals surface area contributed by atoms with Gasteiger partial charge in [0.2, 0.25) is 0 Å². The van der Waals surface area contributed by atoms with Crippen molar-refractivity contribution in [3.63, 3.8) is 0 Å². The van der Waals surface area contributed by atoms with Crippen LogP contribution in [0.3, 0.4) is 0 Å². The Morgan fingerprint density at radius 2 is 1.75 bits per heavy atom. The third kappa shape index (κ3) is 1.24. The third-order valence-electron chi connectivity index (χ3n) is 4.15. The van der Waals surface area contributed by atoms with Crippen LogP contribution in [0.4, 0.5) is 0 Å². The second-order valence-electron chi connectivity index (χ2n) is 5.20. The van der Waals surface area contributed by atoms with Gasteiger partial charge >= 0.3 is 5.72 Å². The molecule has 3 aromatic carbocycles. The molecule has 0 aromatic heterocycles. The molecule has 3 aromatic rings. The van der Waals surface area contributed by atoms with Gasteiger partial charge < -0.3 is 5.11 Å². The fraction of sp³-hybridized carbons (Fsp3) is 0.125. The first kappa shape index (κ1) is 11.4. The van der Waals surface area contributed by atoms with Gasteiger partial charge in [0.25, 0.3) is 0 Å². The van der Waals surface area contributed by atoms with Crippen LogP contribution in [0, 0.1) is 10.1 Å². The molecule has 4 heteroatoms. The van der Waals surface area contributed by atoms with Gasteiger partial charge in [0.15, 0.2) is 0 Å². The average Bonchev–Trinajstić information content (AvgIpc) is 2.46. The van der Waals surface area contributed by atoms with Crippen LogP contribution in [0.1, 0.15) is 12.0 Å². The summed E-state index contributed by atoms with van der Waals surface area (Å²) in [7, 11) is 0. The van der Waals surface area contributed by atoms with Gasteiger partial charge in [-0.05, 0) is 27.4 Å². The molecule has 20 heavy (non-hydrogen) atoms. The Balaban J connectivity index is 2.29. The molecule has 98 valence electrons. The van der Waals surface area contributed by atoms with Crippen molar-refractivity contribution < 1.29 is 10.0 Å². The summed E-state index contributed by atoms with van der Waals surface area (Å²) in [6.07, 6.45) is 1.75. The second-order valence-corrected chi connectivity index (χ2v) is 5.20. The highest BCUT2D eigenvalue weighted by Crippen LogP contribution is 2.37. The Kier molecular flexibility index (Phi) is 2.02. The Hall–Kier alpha value is -2.46. The number of benzene rings is 3. The van der Waals surface area contributed by atoms with E-state index in [2.05, 4.69) is 0 Å². The molecule has 4 rings (SSSR count). The molecule has 0 bridgehead atoms. The average molecular weight is 265 g/mol. The maximum atomic E-state index is 11.3. The first-order valence-corrected chi connectivity index (χ1v) is 6.43. The van der Waals surface area contributed by atoms with Crippen molar-refractivity contribution in [2.75, 3.05) is 0 Å². The van der Waals surface area contributed by atoms with Crippen molar-refractivity contribution in [1.29, 1.82) is 0 Å². The van der Waals surface area contributed by atoms with Crippen molar-refractivity contribution in [2.24, 2.45) is 0 Å². The molecule has 1 aliphatic rings. The molecule has 1 aliphatic carbocycles. The summed E-state index contributed by atoms with van der Waals surface area (Å²) >= 11 is 0. The number of nitrogens with zero attached hydrogens (tertiary/aromatic N) is 1. The summed E-state index contributed by atoms with van der Waals surface area (Å²) in [5.41, 5.74) is -1.63. The summed E-state index contributed by atoms with van der Waals surface area (Å²) < 4.78 is 0. The van der Waals surface area contributed by atoms with E-state index in [1.807, 2.05) is 36.4 Å². The predicted molar refractivity (Wildman–Crippen MR) is 76.6 cm³/mol. The number of hydrogen-bond donors (Lipinski definition) is 1. The Morgan fingerprint density at radius 3 is 2.45 bits per heavy atom. The summed E-state index contributed by atoms with van der Waals surface area (Å²) in [6.45, 7) is 0.